The number of morpholine rings is 1. The highest BCUT2D eigenvalue weighted by Gasteiger charge is 2.41. The summed E-state index contributed by atoms with van der Waals surface area (Å²) in [4.78, 5) is 0. The van der Waals surface area contributed by atoms with Crippen LogP contribution in [0, 0.1) is 0 Å². The van der Waals surface area contributed by atoms with Gasteiger partial charge in [0.25, 0.3) is 0 Å². The van der Waals surface area contributed by atoms with Crippen molar-refractivity contribution in [1.82, 2.24) is 5.32 Å². The maximum atomic E-state index is 11.5. The van der Waals surface area contributed by atoms with E-state index in [2.05, 4.69) is 5.32 Å². The quantitative estimate of drug-likeness (QED) is 0.886. The van der Waals surface area contributed by atoms with E-state index in [1.54, 1.807) is 18.2 Å². The summed E-state index contributed by atoms with van der Waals surface area (Å²) in [6, 6.07) is 14.9. The Bertz CT molecular complexity index is 639. The van der Waals surface area contributed by atoms with Crippen molar-refractivity contribution in [2.75, 3.05) is 19.7 Å². The summed E-state index contributed by atoms with van der Waals surface area (Å²) in [5.74, 6) is 0. The van der Waals surface area contributed by atoms with Crippen LogP contribution in [0.1, 0.15) is 11.1 Å². The van der Waals surface area contributed by atoms with Gasteiger partial charge in [0.05, 0.1) is 6.61 Å². The summed E-state index contributed by atoms with van der Waals surface area (Å²) in [6.07, 6.45) is -0.0759. The lowest BCUT2D eigenvalue weighted by molar-refractivity contribution is -0.124. The summed E-state index contributed by atoms with van der Waals surface area (Å²) in [5.41, 5.74) is 0.324. The van der Waals surface area contributed by atoms with Gasteiger partial charge in [-0.3, -0.25) is 0 Å². The van der Waals surface area contributed by atoms with E-state index in [1.807, 2.05) is 30.3 Å². The molecule has 2 unspecified atom stereocenters. The van der Waals surface area contributed by atoms with E-state index in [0.717, 1.165) is 17.7 Å². The average molecular weight is 352 g/mol. The highest BCUT2D eigenvalue weighted by molar-refractivity contribution is 6.36. The molecule has 2 aromatic rings. The van der Waals surface area contributed by atoms with Gasteiger partial charge in [-0.05, 0) is 23.3 Å². The second-order valence-corrected chi connectivity index (χ2v) is 6.55. The molecule has 1 heterocycles. The van der Waals surface area contributed by atoms with Crippen LogP contribution in [0.3, 0.4) is 0 Å². The molecule has 0 radical (unpaired) electrons. The van der Waals surface area contributed by atoms with Crippen molar-refractivity contribution < 1.29 is 9.84 Å². The van der Waals surface area contributed by atoms with Crippen molar-refractivity contribution >= 4 is 23.2 Å². The first kappa shape index (κ1) is 16.7. The average Bonchev–Trinajstić information content (AvgIpc) is 2.60. The lowest BCUT2D eigenvalue weighted by Crippen LogP contribution is -2.52. The normalized spacial score (nSPS) is 20.9. The van der Waals surface area contributed by atoms with Crippen LogP contribution in [0.25, 0.3) is 0 Å². The second kappa shape index (κ2) is 7.20. The van der Waals surface area contributed by atoms with Crippen LogP contribution in [0.2, 0.25) is 10.0 Å². The molecule has 3 rings (SSSR count). The molecule has 2 N–H and O–H groups in total. The zero-order valence-electron chi connectivity index (χ0n) is 12.6. The summed E-state index contributed by atoms with van der Waals surface area (Å²) < 4.78 is 5.85. The summed E-state index contributed by atoms with van der Waals surface area (Å²) >= 11 is 12.6. The Morgan fingerprint density at radius 2 is 1.78 bits per heavy atom. The Morgan fingerprint density at radius 3 is 2.39 bits per heavy atom. The fourth-order valence-corrected chi connectivity index (χ4v) is 3.50. The van der Waals surface area contributed by atoms with E-state index in [9.17, 15) is 5.11 Å². The topological polar surface area (TPSA) is 41.5 Å². The van der Waals surface area contributed by atoms with Crippen LogP contribution < -0.4 is 5.32 Å². The Kier molecular flexibility index (Phi) is 5.24. The molecular weight excluding hydrogens is 333 g/mol. The predicted molar refractivity (Wildman–Crippen MR) is 93.1 cm³/mol. The third kappa shape index (κ3) is 3.54. The molecule has 0 aromatic heterocycles. The molecule has 122 valence electrons. The van der Waals surface area contributed by atoms with Gasteiger partial charge in [0, 0.05) is 29.6 Å². The number of ether oxygens (including phenoxy) is 1. The van der Waals surface area contributed by atoms with Crippen molar-refractivity contribution in [2.45, 2.75) is 18.1 Å². The number of benzene rings is 2. The molecule has 0 aliphatic carbocycles. The standard InChI is InChI=1S/C18H19Cl2NO2/c19-15-7-4-8-16(20)14(15)11-18(22,13-5-2-1-3-6-13)17-12-21-9-10-23-17/h1-8,17,21-22H,9-12H2. The molecule has 0 spiro atoms. The molecule has 1 saturated heterocycles. The summed E-state index contributed by atoms with van der Waals surface area (Å²) in [6.45, 7) is 1.93. The Hall–Kier alpha value is -1.10. The molecule has 5 heteroatoms. The summed E-state index contributed by atoms with van der Waals surface area (Å²) in [7, 11) is 0. The second-order valence-electron chi connectivity index (χ2n) is 5.73. The van der Waals surface area contributed by atoms with Gasteiger partial charge in [0.15, 0.2) is 0 Å². The van der Waals surface area contributed by atoms with Gasteiger partial charge < -0.3 is 15.2 Å². The molecule has 2 aromatic carbocycles. The lowest BCUT2D eigenvalue weighted by Gasteiger charge is -2.39. The molecule has 0 saturated carbocycles. The Balaban J connectivity index is 2.01. The van der Waals surface area contributed by atoms with E-state index in [0.29, 0.717) is 29.6 Å². The van der Waals surface area contributed by atoms with E-state index in [4.69, 9.17) is 27.9 Å². The fraction of sp³-hybridized carbons (Fsp3) is 0.333. The zero-order valence-corrected chi connectivity index (χ0v) is 14.1. The number of hydrogen-bond donors (Lipinski definition) is 2. The molecule has 3 nitrogen and oxygen atoms in total. The lowest BCUT2D eigenvalue weighted by atomic mass is 9.82. The zero-order chi connectivity index (χ0) is 16.3. The van der Waals surface area contributed by atoms with Gasteiger partial charge in [-0.2, -0.15) is 0 Å². The molecule has 23 heavy (non-hydrogen) atoms. The predicted octanol–water partition coefficient (Wildman–Crippen LogP) is 3.41. The smallest absolute Gasteiger partial charge is 0.121 e. The van der Waals surface area contributed by atoms with E-state index >= 15 is 0 Å². The van der Waals surface area contributed by atoms with Gasteiger partial charge >= 0.3 is 0 Å². The van der Waals surface area contributed by atoms with E-state index in [-0.39, 0.29) is 6.10 Å². The first-order valence-corrected chi connectivity index (χ1v) is 8.40. The van der Waals surface area contributed by atoms with Crippen molar-refractivity contribution in [1.29, 1.82) is 0 Å². The number of hydrogen-bond acceptors (Lipinski definition) is 3. The van der Waals surface area contributed by atoms with Gasteiger partial charge in [-0.1, -0.05) is 59.6 Å². The molecule has 1 aliphatic heterocycles. The van der Waals surface area contributed by atoms with Crippen LogP contribution >= 0.6 is 23.2 Å². The third-order valence-electron chi connectivity index (χ3n) is 4.24. The SMILES string of the molecule is OC(Cc1c(Cl)cccc1Cl)(c1ccccc1)C1CNCCO1. The largest absolute Gasteiger partial charge is 0.382 e. The third-order valence-corrected chi connectivity index (χ3v) is 4.95. The fourth-order valence-electron chi connectivity index (χ4n) is 2.97. The van der Waals surface area contributed by atoms with Gasteiger partial charge in [0.2, 0.25) is 0 Å². The minimum atomic E-state index is -1.21. The van der Waals surface area contributed by atoms with Crippen LogP contribution in [0.15, 0.2) is 48.5 Å². The maximum absolute atomic E-state index is 11.5. The monoisotopic (exact) mass is 351 g/mol. The number of rotatable bonds is 4. The maximum Gasteiger partial charge on any atom is 0.121 e. The van der Waals surface area contributed by atoms with Crippen LogP contribution in [-0.4, -0.2) is 30.9 Å². The van der Waals surface area contributed by atoms with Crippen LogP contribution in [-0.2, 0) is 16.8 Å². The van der Waals surface area contributed by atoms with Crippen molar-refractivity contribution in [3.63, 3.8) is 0 Å². The Morgan fingerprint density at radius 1 is 1.09 bits per heavy atom. The molecule has 0 amide bonds. The van der Waals surface area contributed by atoms with Gasteiger partial charge in [-0.15, -0.1) is 0 Å². The number of nitrogens with one attached hydrogen (secondary N) is 1. The number of aliphatic hydroxyl groups is 1. The Labute approximate surface area is 146 Å². The van der Waals surface area contributed by atoms with Gasteiger partial charge in [0.1, 0.15) is 11.7 Å². The van der Waals surface area contributed by atoms with Gasteiger partial charge in [-0.25, -0.2) is 0 Å². The van der Waals surface area contributed by atoms with Crippen molar-refractivity contribution in [3.8, 4) is 0 Å². The highest BCUT2D eigenvalue weighted by Crippen LogP contribution is 2.36. The van der Waals surface area contributed by atoms with E-state index < -0.39 is 5.60 Å². The minimum Gasteiger partial charge on any atom is -0.382 e. The summed E-state index contributed by atoms with van der Waals surface area (Å²) in [5, 5.41) is 15.9. The van der Waals surface area contributed by atoms with Crippen LogP contribution in [0.5, 0.6) is 0 Å². The van der Waals surface area contributed by atoms with Crippen LogP contribution in [0.4, 0.5) is 0 Å². The van der Waals surface area contributed by atoms with Crippen molar-refractivity contribution in [2.24, 2.45) is 0 Å². The first-order valence-electron chi connectivity index (χ1n) is 7.64. The van der Waals surface area contributed by atoms with Crippen molar-refractivity contribution in [3.05, 3.63) is 69.7 Å². The molecule has 1 aliphatic rings. The molecular formula is C18H19Cl2NO2. The van der Waals surface area contributed by atoms with E-state index in [1.165, 1.54) is 0 Å². The molecule has 2 atom stereocenters. The first-order chi connectivity index (χ1) is 11.1. The molecule has 0 bridgehead atoms. The number of halogens is 2. The minimum absolute atomic E-state index is 0.294. The highest BCUT2D eigenvalue weighted by atomic mass is 35.5. The molecule has 1 fully saturated rings.